The molecule has 0 radical (unpaired) electrons. The van der Waals surface area contributed by atoms with Gasteiger partial charge in [0.1, 0.15) is 11.0 Å². The lowest BCUT2D eigenvalue weighted by Crippen LogP contribution is -2.36. The second-order valence-electron chi connectivity index (χ2n) is 6.16. The van der Waals surface area contributed by atoms with Gasteiger partial charge in [0, 0.05) is 13.2 Å². The van der Waals surface area contributed by atoms with Crippen molar-refractivity contribution in [2.45, 2.75) is 51.1 Å². The molecular formula is C15H23NO3S. The van der Waals surface area contributed by atoms with Crippen molar-refractivity contribution < 1.29 is 14.4 Å². The van der Waals surface area contributed by atoms with E-state index in [1.165, 1.54) is 0 Å². The van der Waals surface area contributed by atoms with Crippen molar-refractivity contribution in [1.82, 2.24) is 4.31 Å². The highest BCUT2D eigenvalue weighted by Crippen LogP contribution is 2.39. The van der Waals surface area contributed by atoms with Gasteiger partial charge in [-0.1, -0.05) is 18.2 Å². The lowest BCUT2D eigenvalue weighted by Gasteiger charge is -2.30. The Bertz CT molecular complexity index is 510. The van der Waals surface area contributed by atoms with Crippen LogP contribution < -0.4 is 0 Å². The fraction of sp³-hybridized carbons (Fsp3) is 0.600. The molecule has 2 rings (SSSR count). The average molecular weight is 297 g/mol. The van der Waals surface area contributed by atoms with Gasteiger partial charge in [0.2, 0.25) is 0 Å². The number of aliphatic hydroxyl groups excluding tert-OH is 2. The molecule has 5 heteroatoms. The van der Waals surface area contributed by atoms with Crippen LogP contribution in [0.5, 0.6) is 0 Å². The van der Waals surface area contributed by atoms with Gasteiger partial charge in [-0.25, -0.2) is 8.51 Å². The first kappa shape index (κ1) is 15.6. The molecule has 0 aliphatic carbocycles. The molecule has 112 valence electrons. The highest BCUT2D eigenvalue weighted by Gasteiger charge is 2.37. The van der Waals surface area contributed by atoms with Crippen LogP contribution in [-0.4, -0.2) is 30.1 Å². The summed E-state index contributed by atoms with van der Waals surface area (Å²) in [7, 11) is -1.12. The molecule has 0 aromatic heterocycles. The van der Waals surface area contributed by atoms with E-state index in [1.807, 2.05) is 43.3 Å². The summed E-state index contributed by atoms with van der Waals surface area (Å²) in [5.74, 6) is 0. The second-order valence-corrected chi connectivity index (χ2v) is 8.35. The highest BCUT2D eigenvalue weighted by atomic mass is 32.2. The quantitative estimate of drug-likeness (QED) is 0.892. The minimum Gasteiger partial charge on any atom is -0.396 e. The minimum atomic E-state index is -1.12. The van der Waals surface area contributed by atoms with Crippen LogP contribution in [0.1, 0.15) is 49.9 Å². The van der Waals surface area contributed by atoms with Crippen LogP contribution in [0.3, 0.4) is 0 Å². The molecule has 1 aliphatic rings. The van der Waals surface area contributed by atoms with Crippen LogP contribution >= 0.6 is 0 Å². The first-order valence-electron chi connectivity index (χ1n) is 6.90. The molecule has 0 spiro atoms. The number of nitrogens with zero attached hydrogens (tertiary/aromatic N) is 1. The third kappa shape index (κ3) is 2.96. The smallest absolute Gasteiger partial charge is 0.101 e. The van der Waals surface area contributed by atoms with E-state index in [9.17, 15) is 14.4 Å². The summed E-state index contributed by atoms with van der Waals surface area (Å²) in [5, 5.41) is 18.6. The largest absolute Gasteiger partial charge is 0.396 e. The molecule has 1 aromatic rings. The zero-order valence-corrected chi connectivity index (χ0v) is 13.1. The van der Waals surface area contributed by atoms with Crippen molar-refractivity contribution >= 4 is 11.0 Å². The summed E-state index contributed by atoms with van der Waals surface area (Å²) in [6.07, 6.45) is 0.559. The van der Waals surface area contributed by atoms with Crippen LogP contribution in [0.2, 0.25) is 0 Å². The number of fused-ring (bicyclic) bond motifs is 1. The van der Waals surface area contributed by atoms with Gasteiger partial charge in [-0.05, 0) is 43.9 Å². The highest BCUT2D eigenvalue weighted by molar-refractivity contribution is 7.84. The number of rotatable bonds is 4. The predicted molar refractivity (Wildman–Crippen MR) is 80.2 cm³/mol. The first-order valence-corrected chi connectivity index (χ1v) is 8.01. The van der Waals surface area contributed by atoms with Crippen molar-refractivity contribution in [3.8, 4) is 0 Å². The molecule has 0 saturated carbocycles. The molecule has 0 bridgehead atoms. The molecule has 2 atom stereocenters. The lowest BCUT2D eigenvalue weighted by molar-refractivity contribution is 0.238. The van der Waals surface area contributed by atoms with Crippen molar-refractivity contribution in [1.29, 1.82) is 0 Å². The van der Waals surface area contributed by atoms with E-state index in [4.69, 9.17) is 0 Å². The van der Waals surface area contributed by atoms with Gasteiger partial charge >= 0.3 is 0 Å². The Hall–Kier alpha value is -0.750. The van der Waals surface area contributed by atoms with Crippen LogP contribution in [0, 0.1) is 0 Å². The molecule has 0 saturated heterocycles. The molecule has 1 aliphatic heterocycles. The first-order chi connectivity index (χ1) is 9.38. The van der Waals surface area contributed by atoms with E-state index in [0.717, 1.165) is 16.7 Å². The van der Waals surface area contributed by atoms with Crippen molar-refractivity contribution in [2.75, 3.05) is 6.61 Å². The third-order valence-corrected chi connectivity index (χ3v) is 5.42. The van der Waals surface area contributed by atoms with E-state index >= 15 is 0 Å². The number of hydrogen-bond donors (Lipinski definition) is 2. The Morgan fingerprint density at radius 1 is 1.35 bits per heavy atom. The van der Waals surface area contributed by atoms with Crippen LogP contribution in [0.25, 0.3) is 0 Å². The van der Waals surface area contributed by atoms with Gasteiger partial charge in [0.05, 0.1) is 17.4 Å². The van der Waals surface area contributed by atoms with E-state index < -0.39 is 11.0 Å². The number of aliphatic hydroxyl groups is 2. The van der Waals surface area contributed by atoms with Gasteiger partial charge in [-0.2, -0.15) is 0 Å². The molecule has 0 fully saturated rings. The standard InChI is InChI=1S/C15H23NO3S/c1-15(2,3)20(19)16-9-12-5-4-11(10-18)8-13(12)14(16)6-7-17/h4-5,8,14,17-18H,6-7,9-10H2,1-3H3/t14-,20?/m0/s1. The van der Waals surface area contributed by atoms with Gasteiger partial charge < -0.3 is 10.2 Å². The molecule has 0 amide bonds. The van der Waals surface area contributed by atoms with E-state index in [-0.39, 0.29) is 24.0 Å². The molecule has 1 aromatic carbocycles. The molecule has 4 nitrogen and oxygen atoms in total. The Kier molecular flexibility index (Phi) is 4.64. The van der Waals surface area contributed by atoms with Crippen LogP contribution in [0.4, 0.5) is 0 Å². The average Bonchev–Trinajstić information content (AvgIpc) is 2.75. The lowest BCUT2D eigenvalue weighted by atomic mass is 10.0. The van der Waals surface area contributed by atoms with Crippen molar-refractivity contribution in [3.63, 3.8) is 0 Å². The Labute approximate surface area is 123 Å². The molecule has 1 unspecified atom stereocenters. The summed E-state index contributed by atoms with van der Waals surface area (Å²) in [5.41, 5.74) is 3.08. The maximum absolute atomic E-state index is 12.7. The van der Waals surface area contributed by atoms with E-state index in [0.29, 0.717) is 13.0 Å². The third-order valence-electron chi connectivity index (χ3n) is 3.57. The fourth-order valence-corrected chi connectivity index (χ4v) is 3.99. The molecule has 2 N–H and O–H groups in total. The summed E-state index contributed by atoms with van der Waals surface area (Å²) in [6, 6.07) is 5.82. The Morgan fingerprint density at radius 3 is 2.60 bits per heavy atom. The Balaban J connectivity index is 2.36. The van der Waals surface area contributed by atoms with Crippen molar-refractivity contribution in [2.24, 2.45) is 0 Å². The van der Waals surface area contributed by atoms with E-state index in [1.54, 1.807) is 0 Å². The van der Waals surface area contributed by atoms with Crippen molar-refractivity contribution in [3.05, 3.63) is 34.9 Å². The van der Waals surface area contributed by atoms with Gasteiger partial charge in [0.25, 0.3) is 0 Å². The number of hydrogen-bond acceptors (Lipinski definition) is 3. The van der Waals surface area contributed by atoms with Crippen LogP contribution in [0.15, 0.2) is 18.2 Å². The minimum absolute atomic E-state index is 0.00147. The van der Waals surface area contributed by atoms with Crippen LogP contribution in [-0.2, 0) is 24.1 Å². The van der Waals surface area contributed by atoms with Gasteiger partial charge in [0.15, 0.2) is 0 Å². The van der Waals surface area contributed by atoms with Gasteiger partial charge in [-0.15, -0.1) is 0 Å². The maximum atomic E-state index is 12.7. The summed E-state index contributed by atoms with van der Waals surface area (Å²) in [6.45, 7) is 6.58. The Morgan fingerprint density at radius 2 is 2.05 bits per heavy atom. The molecule has 20 heavy (non-hydrogen) atoms. The van der Waals surface area contributed by atoms with Gasteiger partial charge in [-0.3, -0.25) is 0 Å². The monoisotopic (exact) mass is 297 g/mol. The zero-order valence-electron chi connectivity index (χ0n) is 12.3. The second kappa shape index (κ2) is 5.93. The summed E-state index contributed by atoms with van der Waals surface area (Å²) < 4.78 is 14.3. The summed E-state index contributed by atoms with van der Waals surface area (Å²) >= 11 is 0. The zero-order chi connectivity index (χ0) is 14.9. The fourth-order valence-electron chi connectivity index (χ4n) is 2.58. The molecular weight excluding hydrogens is 274 g/mol. The molecule has 1 heterocycles. The topological polar surface area (TPSA) is 60.8 Å². The SMILES string of the molecule is CC(C)(C)S(=O)N1Cc2ccc(CO)cc2[C@@H]1CCO. The summed E-state index contributed by atoms with van der Waals surface area (Å²) in [4.78, 5) is 0. The predicted octanol–water partition coefficient (Wildman–Crippen LogP) is 1.88. The number of benzene rings is 1. The van der Waals surface area contributed by atoms with E-state index in [2.05, 4.69) is 0 Å². The normalized spacial score (nSPS) is 20.9. The maximum Gasteiger partial charge on any atom is 0.101 e.